The van der Waals surface area contributed by atoms with E-state index in [-0.39, 0.29) is 24.0 Å². The van der Waals surface area contributed by atoms with Gasteiger partial charge in [0.15, 0.2) is 5.75 Å². The van der Waals surface area contributed by atoms with Crippen LogP contribution < -0.4 is 11.3 Å². The molecule has 0 bridgehead atoms. The van der Waals surface area contributed by atoms with Crippen LogP contribution >= 0.6 is 0 Å². The molecule has 0 aliphatic rings. The number of nitrogens with two attached hydrogens (primary N) is 1. The summed E-state index contributed by atoms with van der Waals surface area (Å²) in [5.41, 5.74) is 6.81. The normalized spacial score (nSPS) is 11.2. The number of nitrogens with zero attached hydrogens (tertiary/aromatic N) is 2. The molecule has 5 nitrogen and oxygen atoms in total. The van der Waals surface area contributed by atoms with Gasteiger partial charge in [0.2, 0.25) is 0 Å². The minimum absolute atomic E-state index is 0.0658. The van der Waals surface area contributed by atoms with Crippen LogP contribution in [0.2, 0.25) is 0 Å². The second kappa shape index (κ2) is 6.27. The van der Waals surface area contributed by atoms with E-state index in [1.807, 2.05) is 13.8 Å². The fraction of sp³-hybridized carbons (Fsp3) is 0.375. The molecule has 0 amide bonds. The number of aromatic hydroxyl groups is 1. The van der Waals surface area contributed by atoms with E-state index in [0.717, 1.165) is 0 Å². The van der Waals surface area contributed by atoms with Crippen LogP contribution in [0.4, 0.5) is 4.39 Å². The summed E-state index contributed by atoms with van der Waals surface area (Å²) < 4.78 is 14.8. The first-order valence-corrected chi connectivity index (χ1v) is 7.14. The van der Waals surface area contributed by atoms with Crippen molar-refractivity contribution in [2.45, 2.75) is 33.9 Å². The van der Waals surface area contributed by atoms with Gasteiger partial charge in [-0.2, -0.15) is 5.10 Å². The fourth-order valence-corrected chi connectivity index (χ4v) is 2.26. The molecular weight excluding hydrogens is 285 g/mol. The second-order valence-electron chi connectivity index (χ2n) is 5.71. The summed E-state index contributed by atoms with van der Waals surface area (Å²) in [5, 5.41) is 14.4. The van der Waals surface area contributed by atoms with Gasteiger partial charge in [0.1, 0.15) is 5.82 Å². The Morgan fingerprint density at radius 2 is 2.09 bits per heavy atom. The lowest BCUT2D eigenvalue weighted by molar-refractivity contribution is 0.417. The van der Waals surface area contributed by atoms with Crippen LogP contribution in [0.1, 0.15) is 25.0 Å². The molecule has 0 radical (unpaired) electrons. The van der Waals surface area contributed by atoms with E-state index in [0.29, 0.717) is 28.9 Å². The van der Waals surface area contributed by atoms with Gasteiger partial charge in [-0.3, -0.25) is 4.79 Å². The highest BCUT2D eigenvalue weighted by molar-refractivity contribution is 5.65. The number of halogens is 1. The summed E-state index contributed by atoms with van der Waals surface area (Å²) in [5.74, 6) is -0.513. The molecule has 0 aliphatic heterocycles. The Kier molecular flexibility index (Phi) is 4.61. The zero-order chi connectivity index (χ0) is 16.4. The van der Waals surface area contributed by atoms with Crippen molar-refractivity contribution in [3.63, 3.8) is 0 Å². The molecule has 0 spiro atoms. The molecule has 0 atom stereocenters. The van der Waals surface area contributed by atoms with E-state index in [2.05, 4.69) is 5.10 Å². The van der Waals surface area contributed by atoms with Gasteiger partial charge in [-0.05, 0) is 31.0 Å². The topological polar surface area (TPSA) is 81.1 Å². The Labute approximate surface area is 128 Å². The van der Waals surface area contributed by atoms with E-state index in [1.165, 1.54) is 10.7 Å². The molecule has 0 saturated carbocycles. The molecule has 1 aromatic heterocycles. The van der Waals surface area contributed by atoms with Crippen LogP contribution in [0.5, 0.6) is 5.75 Å². The summed E-state index contributed by atoms with van der Waals surface area (Å²) in [6.07, 6.45) is 0. The van der Waals surface area contributed by atoms with Gasteiger partial charge >= 0.3 is 5.56 Å². The lowest BCUT2D eigenvalue weighted by Crippen LogP contribution is -2.26. The monoisotopic (exact) mass is 305 g/mol. The molecule has 2 rings (SSSR count). The first-order valence-electron chi connectivity index (χ1n) is 7.14. The van der Waals surface area contributed by atoms with Gasteiger partial charge in [0.25, 0.3) is 0 Å². The van der Waals surface area contributed by atoms with Gasteiger partial charge in [-0.15, -0.1) is 0 Å². The minimum Gasteiger partial charge on any atom is -0.503 e. The molecule has 22 heavy (non-hydrogen) atoms. The predicted molar refractivity (Wildman–Crippen MR) is 83.0 cm³/mol. The summed E-state index contributed by atoms with van der Waals surface area (Å²) in [7, 11) is 0. The summed E-state index contributed by atoms with van der Waals surface area (Å²) in [4.78, 5) is 12.1. The molecule has 1 heterocycles. The number of hydrogen-bond acceptors (Lipinski definition) is 4. The first-order chi connectivity index (χ1) is 10.3. The summed E-state index contributed by atoms with van der Waals surface area (Å²) >= 11 is 0. The first kappa shape index (κ1) is 16.2. The molecule has 0 saturated heterocycles. The van der Waals surface area contributed by atoms with Gasteiger partial charge in [-0.1, -0.05) is 13.8 Å². The maximum Gasteiger partial charge on any atom is 0.309 e. The maximum atomic E-state index is 13.6. The molecule has 118 valence electrons. The van der Waals surface area contributed by atoms with Crippen LogP contribution in [-0.2, 0) is 13.1 Å². The molecule has 2 aromatic rings. The Morgan fingerprint density at radius 1 is 1.41 bits per heavy atom. The number of rotatable bonds is 4. The summed E-state index contributed by atoms with van der Waals surface area (Å²) in [6.45, 7) is 5.98. The maximum absolute atomic E-state index is 13.6. The van der Waals surface area contributed by atoms with Gasteiger partial charge in [0, 0.05) is 29.8 Å². The quantitative estimate of drug-likeness (QED) is 0.907. The molecule has 6 heteroatoms. The van der Waals surface area contributed by atoms with Crippen molar-refractivity contribution < 1.29 is 9.50 Å². The highest BCUT2D eigenvalue weighted by Gasteiger charge is 2.16. The third-order valence-electron chi connectivity index (χ3n) is 3.45. The second-order valence-corrected chi connectivity index (χ2v) is 5.71. The van der Waals surface area contributed by atoms with Crippen molar-refractivity contribution in [2.75, 3.05) is 0 Å². The Hall–Kier alpha value is -2.21. The Morgan fingerprint density at radius 3 is 2.68 bits per heavy atom. The predicted octanol–water partition coefficient (Wildman–Crippen LogP) is 2.18. The highest BCUT2D eigenvalue weighted by atomic mass is 19.1. The molecule has 0 fully saturated rings. The minimum atomic E-state index is -0.517. The SMILES string of the molecule is Cc1c(-c2ccc(F)c(CN)c2)nn(CC(C)C)c(=O)c1O. The van der Waals surface area contributed by atoms with Crippen molar-refractivity contribution in [1.82, 2.24) is 9.78 Å². The van der Waals surface area contributed by atoms with Crippen molar-refractivity contribution in [2.24, 2.45) is 11.7 Å². The molecule has 0 aliphatic carbocycles. The molecule has 1 aromatic carbocycles. The average Bonchev–Trinajstić information content (AvgIpc) is 2.48. The van der Waals surface area contributed by atoms with Gasteiger partial charge < -0.3 is 10.8 Å². The van der Waals surface area contributed by atoms with Crippen molar-refractivity contribution in [1.29, 1.82) is 0 Å². The third kappa shape index (κ3) is 3.01. The van der Waals surface area contributed by atoms with Crippen LogP contribution in [0, 0.1) is 18.7 Å². The van der Waals surface area contributed by atoms with Crippen molar-refractivity contribution in [3.8, 4) is 17.0 Å². The molecule has 3 N–H and O–H groups in total. The molecule has 0 unspecified atom stereocenters. The van der Waals surface area contributed by atoms with Crippen molar-refractivity contribution in [3.05, 3.63) is 45.5 Å². The Bertz CT molecular complexity index is 754. The van der Waals surface area contributed by atoms with Crippen LogP contribution in [-0.4, -0.2) is 14.9 Å². The van der Waals surface area contributed by atoms with Gasteiger partial charge in [0.05, 0.1) is 5.69 Å². The lowest BCUT2D eigenvalue weighted by Gasteiger charge is -2.14. The number of benzene rings is 1. The van der Waals surface area contributed by atoms with Crippen LogP contribution in [0.25, 0.3) is 11.3 Å². The van der Waals surface area contributed by atoms with E-state index < -0.39 is 5.56 Å². The summed E-state index contributed by atoms with van der Waals surface area (Å²) in [6, 6.07) is 4.47. The van der Waals surface area contributed by atoms with E-state index in [4.69, 9.17) is 5.73 Å². The van der Waals surface area contributed by atoms with E-state index in [1.54, 1.807) is 19.1 Å². The van der Waals surface area contributed by atoms with Crippen LogP contribution in [0.15, 0.2) is 23.0 Å². The zero-order valence-electron chi connectivity index (χ0n) is 12.9. The zero-order valence-corrected chi connectivity index (χ0v) is 12.9. The average molecular weight is 305 g/mol. The van der Waals surface area contributed by atoms with E-state index >= 15 is 0 Å². The molecular formula is C16H20FN3O2. The highest BCUT2D eigenvalue weighted by Crippen LogP contribution is 2.26. The largest absolute Gasteiger partial charge is 0.503 e. The lowest BCUT2D eigenvalue weighted by atomic mass is 10.0. The smallest absolute Gasteiger partial charge is 0.309 e. The number of aromatic nitrogens is 2. The third-order valence-corrected chi connectivity index (χ3v) is 3.45. The number of hydrogen-bond donors (Lipinski definition) is 2. The fourth-order valence-electron chi connectivity index (χ4n) is 2.26. The van der Waals surface area contributed by atoms with Crippen molar-refractivity contribution >= 4 is 0 Å². The van der Waals surface area contributed by atoms with Crippen LogP contribution in [0.3, 0.4) is 0 Å². The van der Waals surface area contributed by atoms with Gasteiger partial charge in [-0.25, -0.2) is 9.07 Å². The Balaban J connectivity index is 2.64. The standard InChI is InChI=1S/C16H20FN3O2/c1-9(2)8-20-16(22)15(21)10(3)14(19-20)11-4-5-13(17)12(6-11)7-18/h4-6,9,21H,7-8,18H2,1-3H3. The van der Waals surface area contributed by atoms with E-state index in [9.17, 15) is 14.3 Å².